The number of aliphatic hydroxyl groups excluding tert-OH is 1. The minimum absolute atomic E-state index is 0.0519. The van der Waals surface area contributed by atoms with E-state index in [1.807, 2.05) is 6.92 Å². The second kappa shape index (κ2) is 10.2. The second-order valence-corrected chi connectivity index (χ2v) is 8.59. The van der Waals surface area contributed by atoms with Crippen molar-refractivity contribution in [3.8, 4) is 0 Å². The van der Waals surface area contributed by atoms with Gasteiger partial charge in [0.05, 0.1) is 11.7 Å². The van der Waals surface area contributed by atoms with Gasteiger partial charge in [-0.25, -0.2) is 4.98 Å². The maximum absolute atomic E-state index is 12.6. The Morgan fingerprint density at radius 3 is 2.62 bits per heavy atom. The smallest absolute Gasteiger partial charge is 0.313 e. The third-order valence-corrected chi connectivity index (χ3v) is 6.52. The summed E-state index contributed by atoms with van der Waals surface area (Å²) in [6, 6.07) is 6.24. The maximum Gasteiger partial charge on any atom is 0.313 e. The van der Waals surface area contributed by atoms with Gasteiger partial charge in [-0.15, -0.1) is 11.3 Å². The fraction of sp³-hybridized carbons (Fsp3) is 0.450. The lowest BCUT2D eigenvalue weighted by molar-refractivity contribution is -0.137. The molecule has 9 heteroatoms. The van der Waals surface area contributed by atoms with Crippen LogP contribution in [0.5, 0.6) is 0 Å². The van der Waals surface area contributed by atoms with Gasteiger partial charge in [0.15, 0.2) is 0 Å². The summed E-state index contributed by atoms with van der Waals surface area (Å²) in [6.07, 6.45) is 2.31. The molecule has 2 amide bonds. The summed E-state index contributed by atoms with van der Waals surface area (Å²) in [6.45, 7) is 3.68. The topological polar surface area (TPSA) is 103 Å². The van der Waals surface area contributed by atoms with E-state index in [9.17, 15) is 14.7 Å². The van der Waals surface area contributed by atoms with Crippen LogP contribution in [0.1, 0.15) is 34.5 Å². The van der Waals surface area contributed by atoms with Gasteiger partial charge in [-0.05, 0) is 63.0 Å². The summed E-state index contributed by atoms with van der Waals surface area (Å²) in [5.41, 5.74) is 1.36. The van der Waals surface area contributed by atoms with Crippen LogP contribution >= 0.6 is 22.9 Å². The van der Waals surface area contributed by atoms with Crippen molar-refractivity contribution in [1.82, 2.24) is 15.6 Å². The van der Waals surface area contributed by atoms with Gasteiger partial charge in [0.1, 0.15) is 5.01 Å². The van der Waals surface area contributed by atoms with E-state index in [-0.39, 0.29) is 18.6 Å². The number of aliphatic hydroxyl groups is 1. The molecule has 4 N–H and O–H groups in total. The van der Waals surface area contributed by atoms with Crippen molar-refractivity contribution < 1.29 is 14.7 Å². The van der Waals surface area contributed by atoms with Crippen molar-refractivity contribution in [2.24, 2.45) is 5.92 Å². The number of anilines is 1. The van der Waals surface area contributed by atoms with Crippen LogP contribution in [-0.4, -0.2) is 41.6 Å². The third kappa shape index (κ3) is 5.76. The van der Waals surface area contributed by atoms with Crippen molar-refractivity contribution in [1.29, 1.82) is 0 Å². The van der Waals surface area contributed by atoms with Crippen molar-refractivity contribution in [2.45, 2.75) is 32.2 Å². The molecule has 1 aromatic carbocycles. The zero-order valence-electron chi connectivity index (χ0n) is 16.2. The average molecular weight is 437 g/mol. The Balaban J connectivity index is 1.75. The van der Waals surface area contributed by atoms with Gasteiger partial charge in [-0.3, -0.25) is 9.59 Å². The van der Waals surface area contributed by atoms with E-state index in [1.165, 1.54) is 11.3 Å². The fourth-order valence-electron chi connectivity index (χ4n) is 3.40. The number of hydrogen-bond acceptors (Lipinski definition) is 6. The number of carbonyl (C=O) groups is 2. The highest BCUT2D eigenvalue weighted by atomic mass is 35.5. The minimum atomic E-state index is -0.727. The van der Waals surface area contributed by atoms with Gasteiger partial charge in [-0.2, -0.15) is 0 Å². The van der Waals surface area contributed by atoms with Crippen LogP contribution < -0.4 is 16.0 Å². The van der Waals surface area contributed by atoms with Gasteiger partial charge in [0.2, 0.25) is 0 Å². The summed E-state index contributed by atoms with van der Waals surface area (Å²) >= 11 is 7.34. The molecule has 0 aliphatic carbocycles. The number of benzene rings is 1. The van der Waals surface area contributed by atoms with E-state index in [0.717, 1.165) is 41.5 Å². The minimum Gasteiger partial charge on any atom is -0.396 e. The number of aromatic nitrogens is 1. The first kappa shape index (κ1) is 21.7. The van der Waals surface area contributed by atoms with Crippen LogP contribution in [0, 0.1) is 12.8 Å². The third-order valence-electron chi connectivity index (χ3n) is 4.96. The summed E-state index contributed by atoms with van der Waals surface area (Å²) in [4.78, 5) is 30.7. The molecule has 2 heterocycles. The Morgan fingerprint density at radius 1 is 1.28 bits per heavy atom. The number of nitrogens with one attached hydrogen (secondary N) is 3. The van der Waals surface area contributed by atoms with Crippen LogP contribution in [0.2, 0.25) is 5.02 Å². The molecular weight excluding hydrogens is 412 g/mol. The molecule has 1 aliphatic heterocycles. The summed E-state index contributed by atoms with van der Waals surface area (Å²) in [5.74, 6) is -1.23. The highest BCUT2D eigenvalue weighted by Gasteiger charge is 2.31. The number of piperidine rings is 1. The molecule has 1 unspecified atom stereocenters. The van der Waals surface area contributed by atoms with Gasteiger partial charge in [0, 0.05) is 28.6 Å². The van der Waals surface area contributed by atoms with Gasteiger partial charge in [-0.1, -0.05) is 11.6 Å². The number of hydrogen-bond donors (Lipinski definition) is 4. The first-order valence-electron chi connectivity index (χ1n) is 9.63. The Bertz CT molecular complexity index is 850. The molecule has 156 valence electrons. The molecule has 1 fully saturated rings. The number of rotatable bonds is 6. The second-order valence-electron chi connectivity index (χ2n) is 7.03. The molecule has 1 aliphatic rings. The molecule has 1 aromatic heterocycles. The number of halogens is 1. The predicted molar refractivity (Wildman–Crippen MR) is 114 cm³/mol. The number of thiazole rings is 1. The molecule has 0 saturated carbocycles. The predicted octanol–water partition coefficient (Wildman–Crippen LogP) is 2.44. The first-order chi connectivity index (χ1) is 14.0. The van der Waals surface area contributed by atoms with E-state index < -0.39 is 11.8 Å². The number of nitrogens with zero attached hydrogens (tertiary/aromatic N) is 1. The largest absolute Gasteiger partial charge is 0.396 e. The molecule has 0 radical (unpaired) electrons. The highest BCUT2D eigenvalue weighted by molar-refractivity contribution is 7.11. The molecular formula is C20H25ClN4O3S. The van der Waals surface area contributed by atoms with E-state index >= 15 is 0 Å². The van der Waals surface area contributed by atoms with Gasteiger partial charge in [0.25, 0.3) is 0 Å². The summed E-state index contributed by atoms with van der Waals surface area (Å²) in [7, 11) is 0. The van der Waals surface area contributed by atoms with E-state index in [0.29, 0.717) is 17.1 Å². The van der Waals surface area contributed by atoms with Gasteiger partial charge >= 0.3 is 11.8 Å². The average Bonchev–Trinajstić information content (AvgIpc) is 3.08. The molecule has 1 saturated heterocycles. The molecule has 29 heavy (non-hydrogen) atoms. The highest BCUT2D eigenvalue weighted by Crippen LogP contribution is 2.33. The van der Waals surface area contributed by atoms with Crippen LogP contribution in [0.3, 0.4) is 0 Å². The molecule has 0 spiro atoms. The summed E-state index contributed by atoms with van der Waals surface area (Å²) in [5, 5.41) is 19.4. The van der Waals surface area contributed by atoms with Crippen LogP contribution in [0.4, 0.5) is 5.69 Å². The zero-order valence-corrected chi connectivity index (χ0v) is 17.8. The Labute approximate surface area is 178 Å². The lowest BCUT2D eigenvalue weighted by Crippen LogP contribution is -2.43. The fourth-order valence-corrected chi connectivity index (χ4v) is 4.73. The zero-order chi connectivity index (χ0) is 20.8. The SMILES string of the molecule is Cc1nc(C(NC(=O)C(=O)Nc2ccc(Cl)cc2)C2CCNCC2)sc1CCO. The number of aryl methyl sites for hydroxylation is 1. The molecule has 2 aromatic rings. The first-order valence-corrected chi connectivity index (χ1v) is 10.8. The van der Waals surface area contributed by atoms with E-state index in [2.05, 4.69) is 20.9 Å². The van der Waals surface area contributed by atoms with Gasteiger partial charge < -0.3 is 21.1 Å². The molecule has 1 atom stereocenters. The molecule has 3 rings (SSSR count). The number of carbonyl (C=O) groups excluding carboxylic acids is 2. The maximum atomic E-state index is 12.6. The molecule has 7 nitrogen and oxygen atoms in total. The normalized spacial score (nSPS) is 15.7. The quantitative estimate of drug-likeness (QED) is 0.521. The van der Waals surface area contributed by atoms with Crippen LogP contribution in [0.15, 0.2) is 24.3 Å². The standard InChI is InChI=1S/C20H25ClN4O3S/c1-12-16(8-11-26)29-20(23-12)17(13-6-9-22-10-7-13)25-19(28)18(27)24-15-4-2-14(21)3-5-15/h2-5,13,17,22,26H,6-11H2,1H3,(H,24,27)(H,25,28). The summed E-state index contributed by atoms with van der Waals surface area (Å²) < 4.78 is 0. The Hall–Kier alpha value is -2.00. The lowest BCUT2D eigenvalue weighted by Gasteiger charge is -2.30. The molecule has 0 bridgehead atoms. The van der Waals surface area contributed by atoms with Crippen molar-refractivity contribution in [3.63, 3.8) is 0 Å². The van der Waals surface area contributed by atoms with Crippen LogP contribution in [-0.2, 0) is 16.0 Å². The monoisotopic (exact) mass is 436 g/mol. The number of amides is 2. The Kier molecular flexibility index (Phi) is 7.60. The lowest BCUT2D eigenvalue weighted by atomic mass is 9.90. The van der Waals surface area contributed by atoms with E-state index in [4.69, 9.17) is 11.6 Å². The van der Waals surface area contributed by atoms with Crippen molar-refractivity contribution >= 4 is 40.4 Å². The van der Waals surface area contributed by atoms with Crippen molar-refractivity contribution in [2.75, 3.05) is 25.0 Å². The Morgan fingerprint density at radius 2 is 1.97 bits per heavy atom. The van der Waals surface area contributed by atoms with Crippen molar-refractivity contribution in [3.05, 3.63) is 44.9 Å². The van der Waals surface area contributed by atoms with E-state index in [1.54, 1.807) is 24.3 Å². The van der Waals surface area contributed by atoms with Crippen LogP contribution in [0.25, 0.3) is 0 Å².